The summed E-state index contributed by atoms with van der Waals surface area (Å²) in [4.78, 5) is 8.88. The van der Waals surface area contributed by atoms with Crippen LogP contribution in [0.15, 0.2) is 42.1 Å². The highest BCUT2D eigenvalue weighted by Gasteiger charge is 2.08. The molecular weight excluding hydrogens is 285 g/mol. The third-order valence-electron chi connectivity index (χ3n) is 2.62. The summed E-state index contributed by atoms with van der Waals surface area (Å²) in [6.45, 7) is 0.766. The van der Waals surface area contributed by atoms with Crippen molar-refractivity contribution in [2.45, 2.75) is 13.0 Å². The first-order chi connectivity index (χ1) is 9.20. The molecule has 1 aromatic carbocycles. The minimum absolute atomic E-state index is 0.505. The van der Waals surface area contributed by atoms with Crippen LogP contribution in [0.5, 0.6) is 0 Å². The first-order valence-corrected chi connectivity index (χ1v) is 6.47. The maximum absolute atomic E-state index is 6.01. The van der Waals surface area contributed by atoms with Gasteiger partial charge in [0.05, 0.1) is 22.1 Å². The van der Waals surface area contributed by atoms with Gasteiger partial charge in [-0.25, -0.2) is 4.98 Å². The molecule has 0 fully saturated rings. The van der Waals surface area contributed by atoms with E-state index in [-0.39, 0.29) is 0 Å². The molecule has 100 valence electrons. The van der Waals surface area contributed by atoms with E-state index in [9.17, 15) is 0 Å². The number of halogens is 2. The molecule has 0 saturated carbocycles. The summed E-state index contributed by atoms with van der Waals surface area (Å²) >= 11 is 11.9. The summed E-state index contributed by atoms with van der Waals surface area (Å²) in [5.41, 5.74) is 1.71. The van der Waals surface area contributed by atoms with Crippen LogP contribution in [-0.2, 0) is 11.4 Å². The lowest BCUT2D eigenvalue weighted by Gasteiger charge is -2.08. The highest BCUT2D eigenvalue weighted by Crippen LogP contribution is 2.23. The molecule has 0 N–H and O–H groups in total. The van der Waals surface area contributed by atoms with Crippen LogP contribution in [0.25, 0.3) is 0 Å². The van der Waals surface area contributed by atoms with Crippen LogP contribution in [0.3, 0.4) is 0 Å². The molecule has 0 atom stereocenters. The van der Waals surface area contributed by atoms with Gasteiger partial charge in [-0.3, -0.25) is 0 Å². The van der Waals surface area contributed by atoms with Crippen molar-refractivity contribution in [1.29, 1.82) is 0 Å². The van der Waals surface area contributed by atoms with Gasteiger partial charge in [0.1, 0.15) is 7.11 Å². The van der Waals surface area contributed by atoms with E-state index in [1.165, 1.54) is 7.11 Å². The molecule has 4 nitrogen and oxygen atoms in total. The third-order valence-corrected chi connectivity index (χ3v) is 3.36. The highest BCUT2D eigenvalue weighted by atomic mass is 35.5. The van der Waals surface area contributed by atoms with E-state index in [0.29, 0.717) is 16.5 Å². The fourth-order valence-corrected chi connectivity index (χ4v) is 1.98. The normalized spacial score (nSPS) is 11.6. The summed E-state index contributed by atoms with van der Waals surface area (Å²) in [5.74, 6) is 0. The molecular formula is C13H13Cl2N3O. The number of rotatable bonds is 5. The molecule has 0 aliphatic rings. The molecule has 0 aliphatic heterocycles. The van der Waals surface area contributed by atoms with Crippen LogP contribution in [-0.4, -0.2) is 22.4 Å². The van der Waals surface area contributed by atoms with Gasteiger partial charge in [-0.15, -0.1) is 0 Å². The molecule has 2 rings (SSSR count). The van der Waals surface area contributed by atoms with Crippen LogP contribution in [0.4, 0.5) is 0 Å². The fourth-order valence-electron chi connectivity index (χ4n) is 1.68. The maximum atomic E-state index is 6.01. The molecule has 1 heterocycles. The van der Waals surface area contributed by atoms with Crippen LogP contribution < -0.4 is 0 Å². The Morgan fingerprint density at radius 3 is 2.84 bits per heavy atom. The number of imidazole rings is 1. The van der Waals surface area contributed by atoms with E-state index in [4.69, 9.17) is 28.0 Å². The van der Waals surface area contributed by atoms with Gasteiger partial charge in [-0.1, -0.05) is 34.4 Å². The second kappa shape index (κ2) is 6.59. The number of hydrogen-bond acceptors (Lipinski definition) is 3. The summed E-state index contributed by atoms with van der Waals surface area (Å²) in [5, 5.41) is 5.08. The van der Waals surface area contributed by atoms with Crippen LogP contribution in [0, 0.1) is 0 Å². The predicted octanol–water partition coefficient (Wildman–Crippen LogP) is 3.63. The van der Waals surface area contributed by atoms with Gasteiger partial charge in [0.2, 0.25) is 0 Å². The summed E-state index contributed by atoms with van der Waals surface area (Å²) in [7, 11) is 1.52. The van der Waals surface area contributed by atoms with Crippen LogP contribution in [0.1, 0.15) is 12.0 Å². The van der Waals surface area contributed by atoms with Crippen molar-refractivity contribution in [3.63, 3.8) is 0 Å². The Morgan fingerprint density at radius 2 is 2.21 bits per heavy atom. The summed E-state index contributed by atoms with van der Waals surface area (Å²) in [6.07, 6.45) is 6.12. The molecule has 2 aromatic rings. The van der Waals surface area contributed by atoms with Gasteiger partial charge < -0.3 is 9.40 Å². The van der Waals surface area contributed by atoms with E-state index >= 15 is 0 Å². The van der Waals surface area contributed by atoms with Gasteiger partial charge in [-0.2, -0.15) is 0 Å². The minimum Gasteiger partial charge on any atom is -0.399 e. The maximum Gasteiger partial charge on any atom is 0.106 e. The Bertz CT molecular complexity index is 567. The number of oxime groups is 1. The number of aromatic nitrogens is 2. The Morgan fingerprint density at radius 1 is 1.37 bits per heavy atom. The molecule has 0 amide bonds. The second-order valence-electron chi connectivity index (χ2n) is 3.90. The Hall–Kier alpha value is -1.52. The van der Waals surface area contributed by atoms with Crippen molar-refractivity contribution < 1.29 is 4.84 Å². The molecule has 0 saturated heterocycles. The minimum atomic E-state index is 0.505. The van der Waals surface area contributed by atoms with Gasteiger partial charge in [0.15, 0.2) is 0 Å². The Labute approximate surface area is 121 Å². The van der Waals surface area contributed by atoms with Crippen molar-refractivity contribution in [3.05, 3.63) is 52.5 Å². The van der Waals surface area contributed by atoms with E-state index in [1.54, 1.807) is 24.7 Å². The first-order valence-electron chi connectivity index (χ1n) is 5.72. The zero-order valence-electron chi connectivity index (χ0n) is 10.4. The van der Waals surface area contributed by atoms with Crippen molar-refractivity contribution in [3.8, 4) is 0 Å². The van der Waals surface area contributed by atoms with Gasteiger partial charge in [0.25, 0.3) is 0 Å². The number of aryl methyl sites for hydroxylation is 1. The molecule has 1 aromatic heterocycles. The van der Waals surface area contributed by atoms with Crippen molar-refractivity contribution in [2.75, 3.05) is 7.11 Å². The molecule has 0 aliphatic carbocycles. The van der Waals surface area contributed by atoms with Gasteiger partial charge >= 0.3 is 0 Å². The molecule has 0 unspecified atom stereocenters. The lowest BCUT2D eigenvalue weighted by atomic mass is 10.1. The topological polar surface area (TPSA) is 39.4 Å². The lowest BCUT2D eigenvalue weighted by molar-refractivity contribution is 0.212. The van der Waals surface area contributed by atoms with E-state index in [1.807, 2.05) is 16.8 Å². The Kier molecular flexibility index (Phi) is 4.82. The average Bonchev–Trinajstić information content (AvgIpc) is 2.91. The molecule has 0 bridgehead atoms. The van der Waals surface area contributed by atoms with Gasteiger partial charge in [0, 0.05) is 30.9 Å². The quantitative estimate of drug-likeness (QED) is 0.624. The van der Waals surface area contributed by atoms with E-state index in [2.05, 4.69) is 10.1 Å². The zero-order valence-corrected chi connectivity index (χ0v) is 11.9. The van der Waals surface area contributed by atoms with Crippen LogP contribution in [0.2, 0.25) is 10.0 Å². The van der Waals surface area contributed by atoms with Crippen molar-refractivity contribution >= 4 is 28.9 Å². The predicted molar refractivity (Wildman–Crippen MR) is 76.9 cm³/mol. The Balaban J connectivity index is 2.15. The zero-order chi connectivity index (χ0) is 13.7. The first kappa shape index (κ1) is 13.9. The standard InChI is InChI=1S/C13H13Cl2N3O/c1-19-17-13(4-6-18-7-5-16-9-18)10-2-3-11(14)12(15)8-10/h2-3,5,7-9H,4,6H2,1H3/b17-13+. The summed E-state index contributed by atoms with van der Waals surface area (Å²) < 4.78 is 1.97. The van der Waals surface area contributed by atoms with Crippen LogP contribution >= 0.6 is 23.2 Å². The van der Waals surface area contributed by atoms with E-state index in [0.717, 1.165) is 17.8 Å². The fraction of sp³-hybridized carbons (Fsp3) is 0.231. The second-order valence-corrected chi connectivity index (χ2v) is 4.71. The number of benzene rings is 1. The van der Waals surface area contributed by atoms with Crippen molar-refractivity contribution in [2.24, 2.45) is 5.16 Å². The van der Waals surface area contributed by atoms with Crippen molar-refractivity contribution in [1.82, 2.24) is 9.55 Å². The monoisotopic (exact) mass is 297 g/mol. The molecule has 19 heavy (non-hydrogen) atoms. The average molecular weight is 298 g/mol. The smallest absolute Gasteiger partial charge is 0.106 e. The summed E-state index contributed by atoms with van der Waals surface area (Å²) in [6, 6.07) is 5.41. The molecule has 0 radical (unpaired) electrons. The number of hydrogen-bond donors (Lipinski definition) is 0. The van der Waals surface area contributed by atoms with E-state index < -0.39 is 0 Å². The lowest BCUT2D eigenvalue weighted by Crippen LogP contribution is -2.07. The molecule has 0 spiro atoms. The SMILES string of the molecule is CO/N=C(\CCn1ccnc1)c1ccc(Cl)c(Cl)c1. The highest BCUT2D eigenvalue weighted by molar-refractivity contribution is 6.42. The largest absolute Gasteiger partial charge is 0.399 e. The number of nitrogens with zero attached hydrogens (tertiary/aromatic N) is 3. The molecule has 6 heteroatoms. The third kappa shape index (κ3) is 3.72. The van der Waals surface area contributed by atoms with Gasteiger partial charge in [-0.05, 0) is 12.1 Å².